The number of amides is 2. The average Bonchev–Trinajstić information content (AvgIpc) is 2.99. The molecule has 1 aromatic heterocycles. The van der Waals surface area contributed by atoms with Crippen LogP contribution in [0.5, 0.6) is 0 Å². The minimum atomic E-state index is -0.501. The number of imide groups is 1. The van der Waals surface area contributed by atoms with Crippen molar-refractivity contribution >= 4 is 34.9 Å². The predicted octanol–water partition coefficient (Wildman–Crippen LogP) is 4.46. The lowest BCUT2D eigenvalue weighted by Crippen LogP contribution is -2.36. The minimum Gasteiger partial charge on any atom is -0.385 e. The van der Waals surface area contributed by atoms with Crippen molar-refractivity contribution in [1.29, 1.82) is 5.41 Å². The Balaban J connectivity index is 1.80. The average molecular weight is 405 g/mol. The Kier molecular flexibility index (Phi) is 4.86. The number of nitrogens with one attached hydrogen (secondary N) is 2. The van der Waals surface area contributed by atoms with Crippen LogP contribution in [0, 0.1) is 5.41 Å². The van der Waals surface area contributed by atoms with E-state index in [2.05, 4.69) is 10.3 Å². The predicted molar refractivity (Wildman–Crippen MR) is 113 cm³/mol. The molecule has 1 aliphatic heterocycles. The highest BCUT2D eigenvalue weighted by Gasteiger charge is 2.38. The van der Waals surface area contributed by atoms with Crippen LogP contribution in [0.3, 0.4) is 0 Å². The fraction of sp³-hybridized carbons (Fsp3) is 0.0909. The molecule has 0 unspecified atom stereocenters. The van der Waals surface area contributed by atoms with Crippen LogP contribution < -0.4 is 5.32 Å². The van der Waals surface area contributed by atoms with Crippen molar-refractivity contribution in [1.82, 2.24) is 9.88 Å². The van der Waals surface area contributed by atoms with Gasteiger partial charge in [0.05, 0.1) is 21.8 Å². The summed E-state index contributed by atoms with van der Waals surface area (Å²) < 4.78 is 0. The van der Waals surface area contributed by atoms with Gasteiger partial charge >= 0.3 is 0 Å². The number of halogens is 1. The molecule has 29 heavy (non-hydrogen) atoms. The molecule has 0 fully saturated rings. The van der Waals surface area contributed by atoms with Gasteiger partial charge < -0.3 is 5.32 Å². The molecule has 0 atom stereocenters. The summed E-state index contributed by atoms with van der Waals surface area (Å²) in [7, 11) is 0. The van der Waals surface area contributed by atoms with E-state index in [0.717, 1.165) is 4.90 Å². The van der Waals surface area contributed by atoms with Crippen molar-refractivity contribution in [3.8, 4) is 11.3 Å². The maximum absolute atomic E-state index is 12.8. The molecule has 0 spiro atoms. The first-order valence-corrected chi connectivity index (χ1v) is 9.46. The molecular weight excluding hydrogens is 388 g/mol. The van der Waals surface area contributed by atoms with Crippen LogP contribution in [0.2, 0.25) is 5.02 Å². The number of aromatic nitrogens is 1. The Morgan fingerprint density at radius 2 is 1.76 bits per heavy atom. The summed E-state index contributed by atoms with van der Waals surface area (Å²) in [5.74, 6) is -1.19. The van der Waals surface area contributed by atoms with Gasteiger partial charge in [0.25, 0.3) is 11.8 Å². The highest BCUT2D eigenvalue weighted by Crippen LogP contribution is 2.31. The number of fused-ring (bicyclic) bond motifs is 1. The third kappa shape index (κ3) is 3.17. The Hall–Kier alpha value is -3.51. The van der Waals surface area contributed by atoms with Gasteiger partial charge in [-0.15, -0.1) is 0 Å². The molecule has 2 N–H and O–H groups in total. The van der Waals surface area contributed by atoms with Crippen LogP contribution in [0.25, 0.3) is 11.3 Å². The number of anilines is 1. The normalized spacial score (nSPS) is 12.8. The molecule has 0 bridgehead atoms. The molecule has 0 radical (unpaired) electrons. The summed E-state index contributed by atoms with van der Waals surface area (Å²) in [6.45, 7) is 2.55. The zero-order valence-corrected chi connectivity index (χ0v) is 16.3. The van der Waals surface area contributed by atoms with Crippen molar-refractivity contribution in [3.63, 3.8) is 0 Å². The summed E-state index contributed by atoms with van der Waals surface area (Å²) in [6.07, 6.45) is 1.63. The van der Waals surface area contributed by atoms with Crippen LogP contribution in [-0.2, 0) is 0 Å². The van der Waals surface area contributed by atoms with Gasteiger partial charge in [0, 0.05) is 29.6 Å². The zero-order chi connectivity index (χ0) is 20.5. The first kappa shape index (κ1) is 18.8. The summed E-state index contributed by atoms with van der Waals surface area (Å²) in [5.41, 5.74) is 2.92. The molecule has 2 aromatic carbocycles. The summed E-state index contributed by atoms with van der Waals surface area (Å²) in [6, 6.07) is 15.4. The lowest BCUT2D eigenvalue weighted by Gasteiger charge is -2.19. The second-order valence-corrected chi connectivity index (χ2v) is 6.87. The Morgan fingerprint density at radius 1 is 1.07 bits per heavy atom. The third-order valence-electron chi connectivity index (χ3n) is 4.69. The number of nitrogens with zero attached hydrogens (tertiary/aromatic N) is 2. The highest BCUT2D eigenvalue weighted by atomic mass is 35.5. The van der Waals surface area contributed by atoms with Crippen molar-refractivity contribution in [2.45, 2.75) is 6.92 Å². The second-order valence-electron chi connectivity index (χ2n) is 6.46. The largest absolute Gasteiger partial charge is 0.385 e. The number of rotatable bonds is 4. The standard InChI is InChI=1S/C22H17ClN4O2/c1-2-25-18-10-9-13(19-17(23)8-5-11-26-19)12-16(18)20(24)27-21(28)14-6-3-4-7-15(14)22(27)29/h3-12,24-25H,2H2,1H3. The Labute approximate surface area is 172 Å². The lowest BCUT2D eigenvalue weighted by molar-refractivity contribution is 0.0748. The summed E-state index contributed by atoms with van der Waals surface area (Å²) in [4.78, 5) is 30.8. The number of carbonyl (C=O) groups excluding carboxylic acids is 2. The maximum Gasteiger partial charge on any atom is 0.267 e. The minimum absolute atomic E-state index is 0.193. The van der Waals surface area contributed by atoms with Crippen molar-refractivity contribution in [2.75, 3.05) is 11.9 Å². The molecule has 2 heterocycles. The number of amidine groups is 1. The SMILES string of the molecule is CCNc1ccc(-c2ncccc2Cl)cc1C(=N)N1C(=O)c2ccccc2C1=O. The molecule has 2 amide bonds. The second kappa shape index (κ2) is 7.48. The number of hydrogen-bond donors (Lipinski definition) is 2. The van der Waals surface area contributed by atoms with Crippen LogP contribution in [0.4, 0.5) is 5.69 Å². The molecule has 7 heteroatoms. The number of pyridine rings is 1. The molecule has 6 nitrogen and oxygen atoms in total. The van der Waals surface area contributed by atoms with Gasteiger partial charge in [-0.3, -0.25) is 20.0 Å². The quantitative estimate of drug-likeness (QED) is 0.382. The summed E-state index contributed by atoms with van der Waals surface area (Å²) in [5, 5.41) is 12.3. The fourth-order valence-corrected chi connectivity index (χ4v) is 3.57. The monoisotopic (exact) mass is 404 g/mol. The molecule has 0 aliphatic carbocycles. The van der Waals surface area contributed by atoms with Gasteiger partial charge in [0.2, 0.25) is 0 Å². The first-order chi connectivity index (χ1) is 14.0. The van der Waals surface area contributed by atoms with E-state index in [-0.39, 0.29) is 5.84 Å². The van der Waals surface area contributed by atoms with Crippen LogP contribution in [0.15, 0.2) is 60.8 Å². The highest BCUT2D eigenvalue weighted by molar-refractivity contribution is 6.33. The number of hydrogen-bond acceptors (Lipinski definition) is 5. The van der Waals surface area contributed by atoms with E-state index in [0.29, 0.717) is 45.2 Å². The molecule has 0 saturated carbocycles. The Bertz CT molecular complexity index is 1120. The fourth-order valence-electron chi connectivity index (χ4n) is 3.34. The molecular formula is C22H17ClN4O2. The van der Waals surface area contributed by atoms with E-state index in [9.17, 15) is 9.59 Å². The van der Waals surface area contributed by atoms with E-state index in [1.54, 1.807) is 54.7 Å². The molecule has 0 saturated heterocycles. The first-order valence-electron chi connectivity index (χ1n) is 9.08. The Morgan fingerprint density at radius 3 is 2.38 bits per heavy atom. The van der Waals surface area contributed by atoms with E-state index in [1.165, 1.54) is 0 Å². The van der Waals surface area contributed by atoms with E-state index >= 15 is 0 Å². The number of carbonyl (C=O) groups is 2. The van der Waals surface area contributed by atoms with Gasteiger partial charge in [-0.2, -0.15) is 0 Å². The van der Waals surface area contributed by atoms with Gasteiger partial charge in [-0.25, -0.2) is 4.90 Å². The van der Waals surface area contributed by atoms with Crippen molar-refractivity contribution in [3.05, 3.63) is 82.5 Å². The topological polar surface area (TPSA) is 86.2 Å². The third-order valence-corrected chi connectivity index (χ3v) is 5.00. The molecule has 144 valence electrons. The van der Waals surface area contributed by atoms with Crippen LogP contribution >= 0.6 is 11.6 Å². The zero-order valence-electron chi connectivity index (χ0n) is 15.6. The van der Waals surface area contributed by atoms with Gasteiger partial charge in [-0.1, -0.05) is 29.8 Å². The molecule has 3 aromatic rings. The molecule has 4 rings (SSSR count). The smallest absolute Gasteiger partial charge is 0.267 e. The van der Waals surface area contributed by atoms with Crippen LogP contribution in [0.1, 0.15) is 33.2 Å². The lowest BCUT2D eigenvalue weighted by atomic mass is 10.0. The maximum atomic E-state index is 12.8. The van der Waals surface area contributed by atoms with Crippen molar-refractivity contribution < 1.29 is 9.59 Å². The number of benzene rings is 2. The van der Waals surface area contributed by atoms with Gasteiger partial charge in [0.1, 0.15) is 5.84 Å². The van der Waals surface area contributed by atoms with E-state index in [4.69, 9.17) is 17.0 Å². The summed E-state index contributed by atoms with van der Waals surface area (Å²) >= 11 is 6.28. The van der Waals surface area contributed by atoms with E-state index < -0.39 is 11.8 Å². The van der Waals surface area contributed by atoms with E-state index in [1.807, 2.05) is 13.0 Å². The van der Waals surface area contributed by atoms with Gasteiger partial charge in [-0.05, 0) is 43.3 Å². The van der Waals surface area contributed by atoms with Crippen molar-refractivity contribution in [2.24, 2.45) is 0 Å². The molecule has 1 aliphatic rings. The van der Waals surface area contributed by atoms with Crippen LogP contribution in [-0.4, -0.2) is 34.1 Å². The van der Waals surface area contributed by atoms with Gasteiger partial charge in [0.15, 0.2) is 0 Å².